The van der Waals surface area contributed by atoms with Gasteiger partial charge in [-0.05, 0) is 26.3 Å². The maximum absolute atomic E-state index is 11.3. The summed E-state index contributed by atoms with van der Waals surface area (Å²) >= 11 is 0. The first-order valence-corrected chi connectivity index (χ1v) is 4.87. The van der Waals surface area contributed by atoms with E-state index in [1.165, 1.54) is 0 Å². The quantitative estimate of drug-likeness (QED) is 0.579. The molecule has 1 aliphatic heterocycles. The van der Waals surface area contributed by atoms with E-state index in [-0.39, 0.29) is 18.1 Å². The Bertz CT molecular complexity index is 182. The highest BCUT2D eigenvalue weighted by Gasteiger charge is 2.24. The summed E-state index contributed by atoms with van der Waals surface area (Å²) in [5.41, 5.74) is 0. The van der Waals surface area contributed by atoms with Crippen molar-refractivity contribution in [3.63, 3.8) is 0 Å². The third-order valence-electron chi connectivity index (χ3n) is 2.25. The molecule has 4 heteroatoms. The Hall–Kier alpha value is -0.770. The molecule has 76 valence electrons. The van der Waals surface area contributed by atoms with Gasteiger partial charge in [-0.2, -0.15) is 0 Å². The lowest BCUT2D eigenvalue weighted by atomic mass is 10.1. The topological polar surface area (TPSA) is 53.2 Å². The van der Waals surface area contributed by atoms with Crippen LogP contribution in [0.5, 0.6) is 0 Å². The summed E-state index contributed by atoms with van der Waals surface area (Å²) in [4.78, 5) is 11.3. The number of hydrogen-bond acceptors (Lipinski definition) is 2. The van der Waals surface area contributed by atoms with Gasteiger partial charge >= 0.3 is 6.03 Å². The van der Waals surface area contributed by atoms with Gasteiger partial charge in [0, 0.05) is 18.6 Å². The zero-order valence-electron chi connectivity index (χ0n) is 8.55. The van der Waals surface area contributed by atoms with Gasteiger partial charge in [-0.1, -0.05) is 6.92 Å². The number of urea groups is 1. The van der Waals surface area contributed by atoms with Crippen molar-refractivity contribution in [1.82, 2.24) is 16.0 Å². The van der Waals surface area contributed by atoms with Gasteiger partial charge in [0.2, 0.25) is 0 Å². The van der Waals surface area contributed by atoms with Gasteiger partial charge < -0.3 is 16.0 Å². The molecule has 0 bridgehead atoms. The second-order valence-electron chi connectivity index (χ2n) is 4.01. The van der Waals surface area contributed by atoms with Crippen molar-refractivity contribution >= 4 is 6.03 Å². The number of carbonyl (C=O) groups is 1. The fourth-order valence-electron chi connectivity index (χ4n) is 1.48. The second kappa shape index (κ2) is 4.46. The van der Waals surface area contributed by atoms with E-state index in [2.05, 4.69) is 22.9 Å². The van der Waals surface area contributed by atoms with Gasteiger partial charge in [-0.3, -0.25) is 0 Å². The lowest BCUT2D eigenvalue weighted by molar-refractivity contribution is 0.233. The molecule has 3 N–H and O–H groups in total. The predicted octanol–water partition coefficient (Wildman–Crippen LogP) is 0.302. The van der Waals surface area contributed by atoms with E-state index in [0.717, 1.165) is 13.1 Å². The van der Waals surface area contributed by atoms with E-state index in [1.807, 2.05) is 13.8 Å². The molecule has 1 aliphatic rings. The number of hydrogen-bond donors (Lipinski definition) is 3. The Morgan fingerprint density at radius 3 is 2.62 bits per heavy atom. The standard InChI is InChI=1S/C9H19N3O/c1-6(2)11-9(13)12-8-5-10-4-7(8)3/h6-8,10H,4-5H2,1-3H3,(H2,11,12,13). The maximum Gasteiger partial charge on any atom is 0.315 e. The molecule has 0 aromatic rings. The van der Waals surface area contributed by atoms with Crippen LogP contribution in [-0.2, 0) is 0 Å². The van der Waals surface area contributed by atoms with Gasteiger partial charge in [-0.15, -0.1) is 0 Å². The van der Waals surface area contributed by atoms with Gasteiger partial charge in [-0.25, -0.2) is 4.79 Å². The molecule has 1 fully saturated rings. The Kier molecular flexibility index (Phi) is 3.54. The molecule has 1 saturated heterocycles. The fourth-order valence-corrected chi connectivity index (χ4v) is 1.48. The van der Waals surface area contributed by atoms with Crippen LogP contribution >= 0.6 is 0 Å². The van der Waals surface area contributed by atoms with Crippen LogP contribution in [0.25, 0.3) is 0 Å². The van der Waals surface area contributed by atoms with Crippen LogP contribution in [0.1, 0.15) is 20.8 Å². The van der Waals surface area contributed by atoms with E-state index >= 15 is 0 Å². The van der Waals surface area contributed by atoms with Crippen molar-refractivity contribution < 1.29 is 4.79 Å². The lowest BCUT2D eigenvalue weighted by Crippen LogP contribution is -2.47. The van der Waals surface area contributed by atoms with E-state index < -0.39 is 0 Å². The molecule has 1 heterocycles. The monoisotopic (exact) mass is 185 g/mol. The molecular weight excluding hydrogens is 166 g/mol. The molecule has 0 aromatic carbocycles. The molecule has 0 aliphatic carbocycles. The Morgan fingerprint density at radius 1 is 1.46 bits per heavy atom. The molecule has 0 radical (unpaired) electrons. The molecule has 0 aromatic heterocycles. The molecule has 4 nitrogen and oxygen atoms in total. The minimum atomic E-state index is -0.0597. The van der Waals surface area contributed by atoms with Crippen molar-refractivity contribution in [2.45, 2.75) is 32.9 Å². The number of rotatable bonds is 2. The minimum absolute atomic E-state index is 0.0597. The minimum Gasteiger partial charge on any atom is -0.336 e. The summed E-state index contributed by atoms with van der Waals surface area (Å²) in [6.07, 6.45) is 0. The zero-order chi connectivity index (χ0) is 9.84. The number of amides is 2. The van der Waals surface area contributed by atoms with Crippen LogP contribution in [0.3, 0.4) is 0 Å². The van der Waals surface area contributed by atoms with Gasteiger partial charge in [0.15, 0.2) is 0 Å². The van der Waals surface area contributed by atoms with E-state index in [4.69, 9.17) is 0 Å². The Balaban J connectivity index is 2.27. The molecule has 0 spiro atoms. The Labute approximate surface area is 79.5 Å². The normalized spacial score (nSPS) is 27.7. The van der Waals surface area contributed by atoms with Crippen LogP contribution in [0.15, 0.2) is 0 Å². The summed E-state index contributed by atoms with van der Waals surface area (Å²) in [6, 6.07) is 0.416. The molecule has 13 heavy (non-hydrogen) atoms. The SMILES string of the molecule is CC(C)NC(=O)NC1CNCC1C. The summed E-state index contributed by atoms with van der Waals surface area (Å²) in [5.74, 6) is 0.526. The summed E-state index contributed by atoms with van der Waals surface area (Å²) in [7, 11) is 0. The largest absolute Gasteiger partial charge is 0.336 e. The third kappa shape index (κ3) is 3.22. The van der Waals surface area contributed by atoms with E-state index in [1.54, 1.807) is 0 Å². The molecule has 0 saturated carbocycles. The van der Waals surface area contributed by atoms with Crippen molar-refractivity contribution in [1.29, 1.82) is 0 Å². The van der Waals surface area contributed by atoms with Crippen molar-refractivity contribution in [2.24, 2.45) is 5.92 Å². The van der Waals surface area contributed by atoms with Crippen molar-refractivity contribution in [3.8, 4) is 0 Å². The number of carbonyl (C=O) groups excluding carboxylic acids is 1. The highest BCUT2D eigenvalue weighted by atomic mass is 16.2. The van der Waals surface area contributed by atoms with E-state index in [0.29, 0.717) is 5.92 Å². The molecule has 1 rings (SSSR count). The molecule has 2 unspecified atom stereocenters. The van der Waals surface area contributed by atoms with Gasteiger partial charge in [0.05, 0.1) is 0 Å². The van der Waals surface area contributed by atoms with Crippen LogP contribution in [-0.4, -0.2) is 31.2 Å². The smallest absolute Gasteiger partial charge is 0.315 e. The van der Waals surface area contributed by atoms with Crippen LogP contribution < -0.4 is 16.0 Å². The zero-order valence-corrected chi connectivity index (χ0v) is 8.55. The first-order chi connectivity index (χ1) is 6.09. The van der Waals surface area contributed by atoms with Gasteiger partial charge in [0.25, 0.3) is 0 Å². The summed E-state index contributed by atoms with van der Waals surface area (Å²) in [6.45, 7) is 7.92. The van der Waals surface area contributed by atoms with Gasteiger partial charge in [0.1, 0.15) is 0 Å². The molecular formula is C9H19N3O. The second-order valence-corrected chi connectivity index (χ2v) is 4.01. The highest BCUT2D eigenvalue weighted by molar-refractivity contribution is 5.74. The molecule has 2 amide bonds. The fraction of sp³-hybridized carbons (Fsp3) is 0.889. The third-order valence-corrected chi connectivity index (χ3v) is 2.25. The number of nitrogens with one attached hydrogen (secondary N) is 3. The average Bonchev–Trinajstić information content (AvgIpc) is 2.34. The van der Waals surface area contributed by atoms with E-state index in [9.17, 15) is 4.79 Å². The highest BCUT2D eigenvalue weighted by Crippen LogP contribution is 2.06. The van der Waals surface area contributed by atoms with Crippen LogP contribution in [0.4, 0.5) is 4.79 Å². The van der Waals surface area contributed by atoms with Crippen molar-refractivity contribution in [2.75, 3.05) is 13.1 Å². The van der Waals surface area contributed by atoms with Crippen molar-refractivity contribution in [3.05, 3.63) is 0 Å². The van der Waals surface area contributed by atoms with Crippen LogP contribution in [0, 0.1) is 5.92 Å². The lowest BCUT2D eigenvalue weighted by Gasteiger charge is -2.17. The van der Waals surface area contributed by atoms with Crippen LogP contribution in [0.2, 0.25) is 0 Å². The predicted molar refractivity (Wildman–Crippen MR) is 52.6 cm³/mol. The first-order valence-electron chi connectivity index (χ1n) is 4.87. The summed E-state index contributed by atoms with van der Waals surface area (Å²) < 4.78 is 0. The first kappa shape index (κ1) is 10.3. The Morgan fingerprint density at radius 2 is 2.15 bits per heavy atom. The summed E-state index contributed by atoms with van der Waals surface area (Å²) in [5, 5.41) is 9.00. The maximum atomic E-state index is 11.3. The molecule has 2 atom stereocenters. The average molecular weight is 185 g/mol.